The highest BCUT2D eigenvalue weighted by Gasteiger charge is 2.45. The third kappa shape index (κ3) is 5.36. The maximum atomic E-state index is 13.8. The number of hydrogen-bond acceptors (Lipinski definition) is 8. The number of rotatable bonds is 10. The number of nitrogens with zero attached hydrogens (tertiary/aromatic N) is 4. The second kappa shape index (κ2) is 10.4. The molecule has 1 saturated carbocycles. The van der Waals surface area contributed by atoms with Gasteiger partial charge in [-0.1, -0.05) is 19.9 Å². The van der Waals surface area contributed by atoms with Gasteiger partial charge in [0.2, 0.25) is 0 Å². The van der Waals surface area contributed by atoms with Crippen LogP contribution in [0.5, 0.6) is 11.5 Å². The molecule has 9 nitrogen and oxygen atoms in total. The van der Waals surface area contributed by atoms with E-state index in [0.29, 0.717) is 28.6 Å². The van der Waals surface area contributed by atoms with Crippen molar-refractivity contribution in [3.05, 3.63) is 48.0 Å². The fourth-order valence-electron chi connectivity index (χ4n) is 5.44. The molecule has 0 radical (unpaired) electrons. The van der Waals surface area contributed by atoms with Crippen molar-refractivity contribution in [1.82, 2.24) is 19.7 Å². The van der Waals surface area contributed by atoms with E-state index in [4.69, 9.17) is 14.2 Å². The van der Waals surface area contributed by atoms with Gasteiger partial charge in [0, 0.05) is 25.1 Å². The Labute approximate surface area is 219 Å². The molecule has 3 aromatic rings. The van der Waals surface area contributed by atoms with Crippen LogP contribution < -0.4 is 9.47 Å². The first kappa shape index (κ1) is 27.1. The van der Waals surface area contributed by atoms with Crippen molar-refractivity contribution >= 4 is 9.84 Å². The van der Waals surface area contributed by atoms with E-state index in [0.717, 1.165) is 18.4 Å². The van der Waals surface area contributed by atoms with Gasteiger partial charge in [0.05, 0.1) is 25.6 Å². The summed E-state index contributed by atoms with van der Waals surface area (Å²) in [5.41, 5.74) is 2.37. The molecule has 0 N–H and O–H groups in total. The monoisotopic (exact) mass is 528 g/mol. The Morgan fingerprint density at radius 1 is 1.08 bits per heavy atom. The van der Waals surface area contributed by atoms with Crippen molar-refractivity contribution in [3.8, 4) is 28.6 Å². The van der Waals surface area contributed by atoms with Crippen LogP contribution in [0, 0.1) is 18.3 Å². The number of hydrogen-bond donors (Lipinski definition) is 0. The van der Waals surface area contributed by atoms with Crippen LogP contribution in [0.15, 0.2) is 36.7 Å². The molecule has 1 fully saturated rings. The molecule has 4 rings (SSSR count). The zero-order valence-electron chi connectivity index (χ0n) is 22.6. The van der Waals surface area contributed by atoms with Crippen LogP contribution in [0.4, 0.5) is 0 Å². The molecule has 2 aromatic heterocycles. The Hall–Kier alpha value is -2.98. The van der Waals surface area contributed by atoms with Crippen LogP contribution >= 0.6 is 0 Å². The van der Waals surface area contributed by atoms with Gasteiger partial charge in [0.1, 0.15) is 22.9 Å². The minimum absolute atomic E-state index is 0.200. The largest absolute Gasteiger partial charge is 0.494 e. The predicted octanol–water partition coefficient (Wildman–Crippen LogP) is 4.41. The summed E-state index contributed by atoms with van der Waals surface area (Å²) in [7, 11) is 1.02. The molecule has 10 heteroatoms. The molecule has 37 heavy (non-hydrogen) atoms. The summed E-state index contributed by atoms with van der Waals surface area (Å²) >= 11 is 0. The molecule has 0 saturated heterocycles. The van der Waals surface area contributed by atoms with Gasteiger partial charge in [-0.3, -0.25) is 9.55 Å². The van der Waals surface area contributed by atoms with E-state index in [-0.39, 0.29) is 22.9 Å². The molecule has 1 aliphatic rings. The first-order valence-electron chi connectivity index (χ1n) is 12.3. The Morgan fingerprint density at radius 3 is 2.27 bits per heavy atom. The quantitative estimate of drug-likeness (QED) is 0.381. The van der Waals surface area contributed by atoms with E-state index in [1.807, 2.05) is 13.0 Å². The maximum absolute atomic E-state index is 13.8. The Morgan fingerprint density at radius 2 is 1.73 bits per heavy atom. The lowest BCUT2D eigenvalue weighted by atomic mass is 9.62. The highest BCUT2D eigenvalue weighted by molar-refractivity contribution is 7.91. The molecule has 0 aliphatic heterocycles. The zero-order chi connectivity index (χ0) is 27.0. The zero-order valence-corrected chi connectivity index (χ0v) is 23.4. The summed E-state index contributed by atoms with van der Waals surface area (Å²) in [4.78, 5) is 4.30. The topological polar surface area (TPSA) is 105 Å². The highest BCUT2D eigenvalue weighted by atomic mass is 32.2. The van der Waals surface area contributed by atoms with Crippen LogP contribution in [0.2, 0.25) is 0 Å². The molecule has 1 aliphatic carbocycles. The summed E-state index contributed by atoms with van der Waals surface area (Å²) in [5, 5.41) is 8.05. The number of pyridine rings is 1. The van der Waals surface area contributed by atoms with Gasteiger partial charge >= 0.3 is 0 Å². The van der Waals surface area contributed by atoms with Gasteiger partial charge in [-0.2, -0.15) is 0 Å². The number of para-hydroxylation sites is 1. The van der Waals surface area contributed by atoms with Crippen LogP contribution in [0.3, 0.4) is 0 Å². The van der Waals surface area contributed by atoms with E-state index < -0.39 is 21.2 Å². The van der Waals surface area contributed by atoms with Crippen molar-refractivity contribution in [2.75, 3.05) is 21.3 Å². The van der Waals surface area contributed by atoms with E-state index in [9.17, 15) is 8.42 Å². The minimum Gasteiger partial charge on any atom is -0.494 e. The summed E-state index contributed by atoms with van der Waals surface area (Å²) in [5.74, 6) is 1.58. The number of ether oxygens (including phenoxy) is 3. The second-order valence-electron chi connectivity index (χ2n) is 10.6. The minimum atomic E-state index is -3.68. The third-order valence-electron chi connectivity index (χ3n) is 7.21. The normalized spacial score (nSPS) is 17.2. The maximum Gasteiger partial charge on any atom is 0.170 e. The van der Waals surface area contributed by atoms with Crippen molar-refractivity contribution < 1.29 is 22.6 Å². The fraction of sp³-hybridized carbons (Fsp3) is 0.519. The standard InChI is InChI=1S/C27H36N4O5S/c1-17-11-19(15-28-14-17)26-30-29-23(31(26)24-21(34-5)9-8-10-22(24)35-6)16-37(32,33)18(2)25(36-7)20-12-27(3,4)13-20/h8-11,14-15,18,20,25H,12-13,16H2,1-7H3/t18-,25+/m1/s1. The molecule has 0 amide bonds. The SMILES string of the molecule is COc1cccc(OC)c1-n1c(CS(=O)(=O)[C@H](C)[C@H](OC)C2CC(C)(C)C2)nnc1-c1cncc(C)c1. The smallest absolute Gasteiger partial charge is 0.170 e. The highest BCUT2D eigenvalue weighted by Crippen LogP contribution is 2.48. The number of methoxy groups -OCH3 is 3. The van der Waals surface area contributed by atoms with Gasteiger partial charge in [-0.15, -0.1) is 10.2 Å². The van der Waals surface area contributed by atoms with Gasteiger partial charge in [0.15, 0.2) is 21.5 Å². The van der Waals surface area contributed by atoms with Gasteiger partial charge in [-0.25, -0.2) is 8.42 Å². The van der Waals surface area contributed by atoms with E-state index >= 15 is 0 Å². The summed E-state index contributed by atoms with van der Waals surface area (Å²) in [6.07, 6.45) is 4.90. The van der Waals surface area contributed by atoms with E-state index in [1.165, 1.54) is 0 Å². The Balaban J connectivity index is 1.80. The van der Waals surface area contributed by atoms with Crippen LogP contribution in [0.25, 0.3) is 17.1 Å². The summed E-state index contributed by atoms with van der Waals surface area (Å²) in [6.45, 7) is 8.05. The van der Waals surface area contributed by atoms with Crippen LogP contribution in [-0.4, -0.2) is 60.8 Å². The van der Waals surface area contributed by atoms with Crippen molar-refractivity contribution in [2.45, 2.75) is 57.6 Å². The summed E-state index contributed by atoms with van der Waals surface area (Å²) < 4.78 is 46.3. The number of aromatic nitrogens is 4. The summed E-state index contributed by atoms with van der Waals surface area (Å²) in [6, 6.07) is 7.31. The number of aryl methyl sites for hydroxylation is 1. The molecule has 2 atom stereocenters. The average molecular weight is 529 g/mol. The Bertz CT molecular complexity index is 1340. The van der Waals surface area contributed by atoms with Crippen molar-refractivity contribution in [1.29, 1.82) is 0 Å². The lowest BCUT2D eigenvalue weighted by Crippen LogP contribution is -2.47. The second-order valence-corrected chi connectivity index (χ2v) is 12.9. The molecule has 0 unspecified atom stereocenters. The Kier molecular flexibility index (Phi) is 7.62. The molecule has 0 spiro atoms. The van der Waals surface area contributed by atoms with Gasteiger partial charge in [-0.05, 0) is 61.8 Å². The lowest BCUT2D eigenvalue weighted by Gasteiger charge is -2.47. The van der Waals surface area contributed by atoms with Crippen molar-refractivity contribution in [2.24, 2.45) is 11.3 Å². The molecule has 0 bridgehead atoms. The fourth-order valence-corrected chi connectivity index (χ4v) is 6.99. The lowest BCUT2D eigenvalue weighted by molar-refractivity contribution is -0.0368. The van der Waals surface area contributed by atoms with Crippen molar-refractivity contribution in [3.63, 3.8) is 0 Å². The van der Waals surface area contributed by atoms with E-state index in [2.05, 4.69) is 29.0 Å². The van der Waals surface area contributed by atoms with Gasteiger partial charge < -0.3 is 14.2 Å². The van der Waals surface area contributed by atoms with E-state index in [1.54, 1.807) is 63.4 Å². The predicted molar refractivity (Wildman–Crippen MR) is 142 cm³/mol. The first-order valence-corrected chi connectivity index (χ1v) is 14.0. The van der Waals surface area contributed by atoms with Gasteiger partial charge in [0.25, 0.3) is 0 Å². The van der Waals surface area contributed by atoms with Crippen LogP contribution in [-0.2, 0) is 20.3 Å². The average Bonchev–Trinajstić information content (AvgIpc) is 3.24. The molecule has 2 heterocycles. The molecule has 200 valence electrons. The molecule has 1 aromatic carbocycles. The first-order chi connectivity index (χ1) is 17.5. The molecular weight excluding hydrogens is 492 g/mol. The number of sulfone groups is 1. The number of benzene rings is 1. The molecular formula is C27H36N4O5S. The van der Waals surface area contributed by atoms with Crippen LogP contribution in [0.1, 0.15) is 45.0 Å². The third-order valence-corrected chi connectivity index (χ3v) is 9.28.